The average Bonchev–Trinajstić information content (AvgIpc) is 2.92. The molecule has 6 atom stereocenters. The molecule has 258 valence electrons. The molecule has 2 aliphatic rings. The van der Waals surface area contributed by atoms with E-state index in [-0.39, 0.29) is 5.92 Å². The molecule has 1 N–H and O–H groups in total. The molecule has 0 bridgehead atoms. The van der Waals surface area contributed by atoms with Gasteiger partial charge in [0.25, 0.3) is 0 Å². The van der Waals surface area contributed by atoms with Crippen LogP contribution in [0.1, 0.15) is 53.5 Å². The van der Waals surface area contributed by atoms with Crippen LogP contribution in [0.15, 0.2) is 42.5 Å². The van der Waals surface area contributed by atoms with Gasteiger partial charge in [0.2, 0.25) is 5.79 Å². The zero-order valence-electron chi connectivity index (χ0n) is 31.0. The Morgan fingerprint density at radius 3 is 1.89 bits per heavy atom. The third-order valence-corrected chi connectivity index (χ3v) is 12.5. The minimum atomic E-state index is -2.22. The molecule has 0 saturated carbocycles. The molecule has 6 nitrogen and oxygen atoms in total. The summed E-state index contributed by atoms with van der Waals surface area (Å²) in [4.78, 5) is 0. The molecule has 2 aromatic carbocycles. The number of ether oxygens (including phenoxy) is 1. The van der Waals surface area contributed by atoms with Crippen LogP contribution in [0.3, 0.4) is 0 Å². The molecule has 1 aliphatic carbocycles. The molecule has 1 saturated heterocycles. The summed E-state index contributed by atoms with van der Waals surface area (Å²) in [5.74, 6) is -1.48. The highest BCUT2D eigenvalue weighted by Gasteiger charge is 2.59. The van der Waals surface area contributed by atoms with Gasteiger partial charge < -0.3 is 27.5 Å². The number of hydrogen-bond acceptors (Lipinski definition) is 6. The SMILES string of the molecule is CCc1ccc(C2CCCc3ccc(C4(O)OC(CO[Si](C)(C)C)C(O[Si](C)(C)C)C(O[Si](C)(C)C)C4O[Si](C)(C)C)cc32)cc1. The van der Waals surface area contributed by atoms with Gasteiger partial charge in [0, 0.05) is 11.5 Å². The lowest BCUT2D eigenvalue weighted by atomic mass is 9.77. The van der Waals surface area contributed by atoms with Gasteiger partial charge in [0.05, 0.1) is 6.61 Å². The third-order valence-electron chi connectivity index (χ3n) is 8.51. The van der Waals surface area contributed by atoms with Crippen molar-refractivity contribution in [2.45, 2.75) is 147 Å². The number of rotatable bonds is 12. The van der Waals surface area contributed by atoms with Gasteiger partial charge in [-0.1, -0.05) is 43.3 Å². The molecule has 1 aliphatic heterocycles. The molecule has 10 heteroatoms. The van der Waals surface area contributed by atoms with E-state index in [9.17, 15) is 5.11 Å². The summed E-state index contributed by atoms with van der Waals surface area (Å²) in [6, 6.07) is 15.5. The second-order valence-corrected chi connectivity index (χ2v) is 35.2. The van der Waals surface area contributed by atoms with Gasteiger partial charge in [0.1, 0.15) is 24.4 Å². The van der Waals surface area contributed by atoms with Crippen molar-refractivity contribution in [2.24, 2.45) is 0 Å². The Balaban J connectivity index is 1.89. The zero-order chi connectivity index (χ0) is 34.3. The van der Waals surface area contributed by atoms with E-state index >= 15 is 0 Å². The molecular weight excluding hydrogens is 641 g/mol. The maximum atomic E-state index is 13.1. The molecule has 0 spiro atoms. The highest BCUT2D eigenvalue weighted by molar-refractivity contribution is 6.71. The lowest BCUT2D eigenvalue weighted by Gasteiger charge is -2.54. The van der Waals surface area contributed by atoms with Crippen molar-refractivity contribution in [3.63, 3.8) is 0 Å². The summed E-state index contributed by atoms with van der Waals surface area (Å²) in [6.07, 6.45) is 2.04. The summed E-state index contributed by atoms with van der Waals surface area (Å²) in [6.45, 7) is 28.7. The van der Waals surface area contributed by atoms with Crippen molar-refractivity contribution in [3.8, 4) is 0 Å². The molecule has 1 fully saturated rings. The van der Waals surface area contributed by atoms with E-state index in [0.29, 0.717) is 6.61 Å². The van der Waals surface area contributed by atoms with Crippen LogP contribution in [0.25, 0.3) is 0 Å². The second-order valence-electron chi connectivity index (χ2n) is 17.3. The fourth-order valence-electron chi connectivity index (χ4n) is 6.63. The Hall–Kier alpha value is -0.932. The minimum absolute atomic E-state index is 0.265. The predicted molar refractivity (Wildman–Crippen MR) is 200 cm³/mol. The summed E-state index contributed by atoms with van der Waals surface area (Å²) >= 11 is 0. The molecule has 0 radical (unpaired) electrons. The Labute approximate surface area is 284 Å². The van der Waals surface area contributed by atoms with Crippen molar-refractivity contribution in [3.05, 3.63) is 70.3 Å². The first-order valence-electron chi connectivity index (χ1n) is 17.4. The maximum Gasteiger partial charge on any atom is 0.221 e. The van der Waals surface area contributed by atoms with E-state index in [4.69, 9.17) is 22.4 Å². The van der Waals surface area contributed by atoms with Crippen molar-refractivity contribution >= 4 is 33.3 Å². The Morgan fingerprint density at radius 2 is 1.35 bits per heavy atom. The van der Waals surface area contributed by atoms with Crippen LogP contribution in [-0.4, -0.2) is 69.4 Å². The lowest BCUT2D eigenvalue weighted by molar-refractivity contribution is -0.348. The van der Waals surface area contributed by atoms with Gasteiger partial charge in [-0.15, -0.1) is 0 Å². The standard InChI is InChI=1S/C36H62O6Si4/c1-14-26-18-20-28(21-19-26)30-17-15-16-27-22-23-29(24-31(27)30)36(37)35(42-46(11,12)13)34(41-45(8,9)10)33(40-44(5,6)7)32(39-36)25-38-43(2,3)4/h18-24,30,32-35,37H,14-17,25H2,1-13H3. The molecule has 0 amide bonds. The number of aryl methyl sites for hydroxylation is 2. The molecule has 0 aromatic heterocycles. The minimum Gasteiger partial charge on any atom is -0.415 e. The van der Waals surface area contributed by atoms with Gasteiger partial charge >= 0.3 is 0 Å². The molecular formula is C36H62O6Si4. The van der Waals surface area contributed by atoms with Crippen LogP contribution >= 0.6 is 0 Å². The highest BCUT2D eigenvalue weighted by Crippen LogP contribution is 2.46. The average molecular weight is 703 g/mol. The summed E-state index contributed by atoms with van der Waals surface area (Å²) in [7, 11) is -8.36. The number of fused-ring (bicyclic) bond motifs is 1. The smallest absolute Gasteiger partial charge is 0.221 e. The largest absolute Gasteiger partial charge is 0.415 e. The van der Waals surface area contributed by atoms with Gasteiger partial charge in [-0.2, -0.15) is 0 Å². The monoisotopic (exact) mass is 702 g/mol. The topological polar surface area (TPSA) is 66.4 Å². The Bertz CT molecular complexity index is 1310. The van der Waals surface area contributed by atoms with Gasteiger partial charge in [-0.05, 0) is 133 Å². The van der Waals surface area contributed by atoms with Crippen LogP contribution in [0, 0.1) is 0 Å². The van der Waals surface area contributed by atoms with E-state index in [1.165, 1.54) is 22.3 Å². The molecule has 6 unspecified atom stereocenters. The second kappa shape index (κ2) is 14.1. The van der Waals surface area contributed by atoms with E-state index in [0.717, 1.165) is 31.2 Å². The van der Waals surface area contributed by atoms with Crippen LogP contribution < -0.4 is 0 Å². The zero-order valence-corrected chi connectivity index (χ0v) is 35.0. The fourth-order valence-corrected chi connectivity index (χ4v) is 10.5. The van der Waals surface area contributed by atoms with Crippen LogP contribution in [0.4, 0.5) is 0 Å². The quantitative estimate of drug-likeness (QED) is 0.223. The summed E-state index contributed by atoms with van der Waals surface area (Å²) in [5, 5.41) is 13.1. The molecule has 2 aromatic rings. The van der Waals surface area contributed by atoms with Gasteiger partial charge in [-0.25, -0.2) is 0 Å². The van der Waals surface area contributed by atoms with E-state index < -0.39 is 63.5 Å². The fraction of sp³-hybridized carbons (Fsp3) is 0.667. The number of aliphatic hydroxyl groups is 1. The molecule has 46 heavy (non-hydrogen) atoms. The van der Waals surface area contributed by atoms with Crippen LogP contribution in [0.2, 0.25) is 78.6 Å². The maximum absolute atomic E-state index is 13.1. The summed E-state index contributed by atoms with van der Waals surface area (Å²) < 4.78 is 34.4. The third kappa shape index (κ3) is 9.83. The highest BCUT2D eigenvalue weighted by atomic mass is 28.4. The Kier molecular flexibility index (Phi) is 11.6. The first kappa shape index (κ1) is 37.9. The lowest BCUT2D eigenvalue weighted by Crippen LogP contribution is -2.69. The van der Waals surface area contributed by atoms with Crippen molar-refractivity contribution in [1.29, 1.82) is 0 Å². The summed E-state index contributed by atoms with van der Waals surface area (Å²) in [5.41, 5.74) is 6.01. The molecule has 4 rings (SSSR count). The van der Waals surface area contributed by atoms with Crippen molar-refractivity contribution in [2.75, 3.05) is 6.61 Å². The van der Waals surface area contributed by atoms with E-state index in [1.54, 1.807) is 0 Å². The predicted octanol–water partition coefficient (Wildman–Crippen LogP) is 8.77. The van der Waals surface area contributed by atoms with E-state index in [2.05, 4.69) is 128 Å². The number of benzene rings is 2. The van der Waals surface area contributed by atoms with Crippen molar-refractivity contribution in [1.82, 2.24) is 0 Å². The van der Waals surface area contributed by atoms with Gasteiger partial charge in [-0.3, -0.25) is 0 Å². The normalized spacial score (nSPS) is 27.8. The van der Waals surface area contributed by atoms with Gasteiger partial charge in [0.15, 0.2) is 33.3 Å². The molecule has 1 heterocycles. The van der Waals surface area contributed by atoms with Crippen molar-refractivity contribution < 1.29 is 27.5 Å². The van der Waals surface area contributed by atoms with Crippen LogP contribution in [-0.2, 0) is 41.1 Å². The van der Waals surface area contributed by atoms with E-state index in [1.807, 2.05) is 0 Å². The first-order valence-corrected chi connectivity index (χ1v) is 31.0. The number of hydrogen-bond donors (Lipinski definition) is 1. The Morgan fingerprint density at radius 1 is 0.761 bits per heavy atom. The van der Waals surface area contributed by atoms with Crippen LogP contribution in [0.5, 0.6) is 0 Å². The first-order chi connectivity index (χ1) is 21.1.